The van der Waals surface area contributed by atoms with Crippen LogP contribution in [0.4, 0.5) is 5.69 Å². The lowest BCUT2D eigenvalue weighted by Crippen LogP contribution is -2.48. The van der Waals surface area contributed by atoms with Gasteiger partial charge in [0.1, 0.15) is 0 Å². The van der Waals surface area contributed by atoms with Crippen molar-refractivity contribution >= 4 is 17.5 Å². The summed E-state index contributed by atoms with van der Waals surface area (Å²) in [6.07, 6.45) is 4.03. The van der Waals surface area contributed by atoms with Crippen LogP contribution in [0.2, 0.25) is 0 Å². The van der Waals surface area contributed by atoms with Crippen LogP contribution < -0.4 is 5.32 Å². The fourth-order valence-electron chi connectivity index (χ4n) is 2.87. The van der Waals surface area contributed by atoms with E-state index in [1.807, 2.05) is 32.0 Å². The molecule has 1 aliphatic rings. The number of aryl methyl sites for hydroxylation is 2. The predicted octanol–water partition coefficient (Wildman–Crippen LogP) is 3.03. The molecule has 2 rings (SSSR count). The highest BCUT2D eigenvalue weighted by Crippen LogP contribution is 2.21. The normalized spacial score (nSPS) is 18.4. The molecule has 114 valence electrons. The Morgan fingerprint density at radius 1 is 1.29 bits per heavy atom. The van der Waals surface area contributed by atoms with E-state index < -0.39 is 11.8 Å². The van der Waals surface area contributed by atoms with Gasteiger partial charge in [0, 0.05) is 18.3 Å². The third kappa shape index (κ3) is 3.63. The van der Waals surface area contributed by atoms with Gasteiger partial charge in [-0.3, -0.25) is 9.59 Å². The number of piperidine rings is 1. The standard InChI is InChI=1S/C17H24N2O2/c1-4-14-7-5-6-10-19(14)17(21)16(20)18-15-11-12(2)8-9-13(15)3/h8-9,11,14H,4-7,10H2,1-3H3,(H,18,20). The molecule has 1 aromatic rings. The summed E-state index contributed by atoms with van der Waals surface area (Å²) in [7, 11) is 0. The zero-order valence-corrected chi connectivity index (χ0v) is 13.1. The minimum atomic E-state index is -0.524. The van der Waals surface area contributed by atoms with E-state index in [2.05, 4.69) is 12.2 Å². The molecule has 1 saturated heterocycles. The van der Waals surface area contributed by atoms with Gasteiger partial charge < -0.3 is 10.2 Å². The Bertz CT molecular complexity index is 540. The summed E-state index contributed by atoms with van der Waals surface area (Å²) in [5.41, 5.74) is 2.75. The monoisotopic (exact) mass is 288 g/mol. The maximum absolute atomic E-state index is 12.4. The van der Waals surface area contributed by atoms with Crippen molar-refractivity contribution < 1.29 is 9.59 Å². The number of likely N-dealkylation sites (tertiary alicyclic amines) is 1. The summed E-state index contributed by atoms with van der Waals surface area (Å²) >= 11 is 0. The minimum Gasteiger partial charge on any atom is -0.331 e. The molecule has 1 N–H and O–H groups in total. The number of hydrogen-bond acceptors (Lipinski definition) is 2. The number of hydrogen-bond donors (Lipinski definition) is 1. The van der Waals surface area contributed by atoms with Crippen molar-refractivity contribution in [3.63, 3.8) is 0 Å². The first-order valence-corrected chi connectivity index (χ1v) is 7.72. The third-order valence-electron chi connectivity index (χ3n) is 4.19. The molecular formula is C17H24N2O2. The fourth-order valence-corrected chi connectivity index (χ4v) is 2.87. The van der Waals surface area contributed by atoms with Gasteiger partial charge in [-0.25, -0.2) is 0 Å². The van der Waals surface area contributed by atoms with Gasteiger partial charge in [0.15, 0.2) is 0 Å². The molecule has 1 fully saturated rings. The molecule has 4 heteroatoms. The van der Waals surface area contributed by atoms with E-state index in [0.717, 1.165) is 42.5 Å². The van der Waals surface area contributed by atoms with E-state index in [1.54, 1.807) is 4.90 Å². The van der Waals surface area contributed by atoms with Crippen LogP contribution in [-0.4, -0.2) is 29.3 Å². The summed E-state index contributed by atoms with van der Waals surface area (Å²) in [5.74, 6) is -0.925. The van der Waals surface area contributed by atoms with Crippen molar-refractivity contribution in [3.05, 3.63) is 29.3 Å². The van der Waals surface area contributed by atoms with Crippen molar-refractivity contribution in [2.75, 3.05) is 11.9 Å². The second-order valence-electron chi connectivity index (χ2n) is 5.83. The molecule has 0 spiro atoms. The molecular weight excluding hydrogens is 264 g/mol. The first-order chi connectivity index (χ1) is 10.0. The number of anilines is 1. The van der Waals surface area contributed by atoms with Crippen LogP contribution in [0, 0.1) is 13.8 Å². The molecule has 0 aliphatic carbocycles. The molecule has 0 bridgehead atoms. The van der Waals surface area contributed by atoms with Crippen molar-refractivity contribution in [2.45, 2.75) is 52.5 Å². The van der Waals surface area contributed by atoms with Crippen LogP contribution in [0.1, 0.15) is 43.7 Å². The summed E-state index contributed by atoms with van der Waals surface area (Å²) in [4.78, 5) is 26.4. The first kappa shape index (κ1) is 15.5. The highest BCUT2D eigenvalue weighted by molar-refractivity contribution is 6.39. The van der Waals surface area contributed by atoms with Crippen molar-refractivity contribution in [2.24, 2.45) is 0 Å². The summed E-state index contributed by atoms with van der Waals surface area (Å²) in [6, 6.07) is 6.04. The van der Waals surface area contributed by atoms with Crippen LogP contribution >= 0.6 is 0 Å². The Morgan fingerprint density at radius 3 is 2.76 bits per heavy atom. The molecule has 21 heavy (non-hydrogen) atoms. The molecule has 0 radical (unpaired) electrons. The summed E-state index contributed by atoms with van der Waals surface area (Å²) in [5, 5.41) is 2.76. The molecule has 4 nitrogen and oxygen atoms in total. The highest BCUT2D eigenvalue weighted by Gasteiger charge is 2.29. The average Bonchev–Trinajstić information content (AvgIpc) is 2.50. The molecule has 1 atom stereocenters. The number of benzene rings is 1. The van der Waals surface area contributed by atoms with Crippen molar-refractivity contribution in [3.8, 4) is 0 Å². The lowest BCUT2D eigenvalue weighted by Gasteiger charge is -2.34. The van der Waals surface area contributed by atoms with E-state index in [4.69, 9.17) is 0 Å². The maximum Gasteiger partial charge on any atom is 0.313 e. The molecule has 1 aliphatic heterocycles. The quantitative estimate of drug-likeness (QED) is 0.850. The molecule has 0 saturated carbocycles. The number of amides is 2. The van der Waals surface area contributed by atoms with Crippen LogP contribution in [0.15, 0.2) is 18.2 Å². The SMILES string of the molecule is CCC1CCCCN1C(=O)C(=O)Nc1cc(C)ccc1C. The van der Waals surface area contributed by atoms with Crippen LogP contribution in [0.5, 0.6) is 0 Å². The van der Waals surface area contributed by atoms with Crippen LogP contribution in [0.25, 0.3) is 0 Å². The van der Waals surface area contributed by atoms with Crippen molar-refractivity contribution in [1.29, 1.82) is 0 Å². The largest absolute Gasteiger partial charge is 0.331 e. The molecule has 0 aromatic heterocycles. The van der Waals surface area contributed by atoms with Crippen molar-refractivity contribution in [1.82, 2.24) is 4.90 Å². The Kier molecular flexibility index (Phi) is 4.99. The summed E-state index contributed by atoms with van der Waals surface area (Å²) in [6.45, 7) is 6.65. The Morgan fingerprint density at radius 2 is 2.05 bits per heavy atom. The summed E-state index contributed by atoms with van der Waals surface area (Å²) < 4.78 is 0. The van der Waals surface area contributed by atoms with Crippen LogP contribution in [-0.2, 0) is 9.59 Å². The van der Waals surface area contributed by atoms with Gasteiger partial charge in [-0.15, -0.1) is 0 Å². The van der Waals surface area contributed by atoms with E-state index in [0.29, 0.717) is 6.54 Å². The minimum absolute atomic E-state index is 0.204. The first-order valence-electron chi connectivity index (χ1n) is 7.72. The Labute approximate surface area is 126 Å². The Hall–Kier alpha value is -1.84. The lowest BCUT2D eigenvalue weighted by atomic mass is 10.00. The molecule has 1 heterocycles. The van der Waals surface area contributed by atoms with Gasteiger partial charge in [-0.2, -0.15) is 0 Å². The van der Waals surface area contributed by atoms with E-state index in [1.165, 1.54) is 0 Å². The molecule has 1 aromatic carbocycles. The second kappa shape index (κ2) is 6.74. The van der Waals surface area contributed by atoms with E-state index in [9.17, 15) is 9.59 Å². The zero-order valence-electron chi connectivity index (χ0n) is 13.1. The lowest BCUT2D eigenvalue weighted by molar-refractivity contribution is -0.145. The predicted molar refractivity (Wildman–Crippen MR) is 84.2 cm³/mol. The van der Waals surface area contributed by atoms with Crippen LogP contribution in [0.3, 0.4) is 0 Å². The number of carbonyl (C=O) groups excluding carboxylic acids is 2. The smallest absolute Gasteiger partial charge is 0.313 e. The number of carbonyl (C=O) groups is 2. The van der Waals surface area contributed by atoms with Gasteiger partial charge in [0.25, 0.3) is 0 Å². The van der Waals surface area contributed by atoms with E-state index in [-0.39, 0.29) is 6.04 Å². The average molecular weight is 288 g/mol. The van der Waals surface area contributed by atoms with Gasteiger partial charge in [0.2, 0.25) is 0 Å². The third-order valence-corrected chi connectivity index (χ3v) is 4.19. The van der Waals surface area contributed by atoms with Gasteiger partial charge in [0.05, 0.1) is 0 Å². The number of nitrogens with zero attached hydrogens (tertiary/aromatic N) is 1. The molecule has 2 amide bonds. The zero-order chi connectivity index (χ0) is 15.4. The maximum atomic E-state index is 12.4. The van der Waals surface area contributed by atoms with Gasteiger partial charge in [-0.05, 0) is 56.7 Å². The number of nitrogens with one attached hydrogen (secondary N) is 1. The van der Waals surface area contributed by atoms with Gasteiger partial charge >= 0.3 is 11.8 Å². The van der Waals surface area contributed by atoms with E-state index >= 15 is 0 Å². The van der Waals surface area contributed by atoms with Gasteiger partial charge in [-0.1, -0.05) is 19.1 Å². The topological polar surface area (TPSA) is 49.4 Å². The number of rotatable bonds is 2. The Balaban J connectivity index is 2.08. The second-order valence-corrected chi connectivity index (χ2v) is 5.83. The fraction of sp³-hybridized carbons (Fsp3) is 0.529. The highest BCUT2D eigenvalue weighted by atomic mass is 16.2. The molecule has 1 unspecified atom stereocenters.